The van der Waals surface area contributed by atoms with Gasteiger partial charge in [0.1, 0.15) is 6.07 Å². The molecular formula is C12H12N2O5. The number of aliphatic carboxylic acids is 1. The Morgan fingerprint density at radius 3 is 2.95 bits per heavy atom. The van der Waals surface area contributed by atoms with Gasteiger partial charge in [-0.2, -0.15) is 5.26 Å². The maximum atomic E-state index is 10.2. The van der Waals surface area contributed by atoms with Crippen molar-refractivity contribution in [1.82, 2.24) is 0 Å². The van der Waals surface area contributed by atoms with Crippen LogP contribution in [0, 0.1) is 11.3 Å². The lowest BCUT2D eigenvalue weighted by Gasteiger charge is -2.08. The van der Waals surface area contributed by atoms with E-state index in [-0.39, 0.29) is 6.61 Å². The second kappa shape index (κ2) is 7.55. The van der Waals surface area contributed by atoms with Gasteiger partial charge >= 0.3 is 5.97 Å². The van der Waals surface area contributed by atoms with Crippen molar-refractivity contribution in [2.24, 2.45) is 5.16 Å². The number of hydrogen-bond donors (Lipinski definition) is 1. The second-order valence-corrected chi connectivity index (χ2v) is 3.26. The van der Waals surface area contributed by atoms with Crippen molar-refractivity contribution in [3.8, 4) is 17.6 Å². The number of methoxy groups -OCH3 is 1. The van der Waals surface area contributed by atoms with Gasteiger partial charge in [0.05, 0.1) is 13.3 Å². The molecule has 1 aromatic rings. The minimum atomic E-state index is -1.10. The van der Waals surface area contributed by atoms with Crippen LogP contribution in [0.15, 0.2) is 23.4 Å². The molecule has 0 amide bonds. The maximum absolute atomic E-state index is 10.2. The SMILES string of the molecule is COc1cc(C=NOCC(=O)O)ccc1OCC#N. The number of oxime groups is 1. The highest BCUT2D eigenvalue weighted by molar-refractivity contribution is 5.80. The molecule has 1 rings (SSSR count). The average Bonchev–Trinajstić information content (AvgIpc) is 2.41. The molecule has 1 aromatic carbocycles. The van der Waals surface area contributed by atoms with Crippen LogP contribution < -0.4 is 9.47 Å². The van der Waals surface area contributed by atoms with Gasteiger partial charge in [-0.3, -0.25) is 0 Å². The maximum Gasteiger partial charge on any atom is 0.344 e. The summed E-state index contributed by atoms with van der Waals surface area (Å²) in [5.74, 6) is -0.222. The van der Waals surface area contributed by atoms with E-state index in [1.54, 1.807) is 18.2 Å². The third-order valence-electron chi connectivity index (χ3n) is 1.94. The van der Waals surface area contributed by atoms with Crippen molar-refractivity contribution in [3.63, 3.8) is 0 Å². The van der Waals surface area contributed by atoms with Gasteiger partial charge in [-0.25, -0.2) is 4.79 Å². The van der Waals surface area contributed by atoms with Crippen LogP contribution >= 0.6 is 0 Å². The van der Waals surface area contributed by atoms with Gasteiger partial charge in [0.25, 0.3) is 0 Å². The van der Waals surface area contributed by atoms with Gasteiger partial charge in [0.15, 0.2) is 18.1 Å². The fourth-order valence-electron chi connectivity index (χ4n) is 1.18. The zero-order valence-corrected chi connectivity index (χ0v) is 10.2. The summed E-state index contributed by atoms with van der Waals surface area (Å²) < 4.78 is 10.2. The van der Waals surface area contributed by atoms with E-state index < -0.39 is 12.6 Å². The van der Waals surface area contributed by atoms with Crippen LogP contribution in [0.5, 0.6) is 11.5 Å². The van der Waals surface area contributed by atoms with Crippen molar-refractivity contribution in [1.29, 1.82) is 5.26 Å². The first kappa shape index (κ1) is 14.3. The van der Waals surface area contributed by atoms with E-state index in [4.69, 9.17) is 19.8 Å². The first-order valence-electron chi connectivity index (χ1n) is 5.22. The summed E-state index contributed by atoms with van der Waals surface area (Å²) >= 11 is 0. The van der Waals surface area contributed by atoms with Crippen LogP contribution in [0.1, 0.15) is 5.56 Å². The zero-order valence-electron chi connectivity index (χ0n) is 10.2. The smallest absolute Gasteiger partial charge is 0.344 e. The third-order valence-corrected chi connectivity index (χ3v) is 1.94. The second-order valence-electron chi connectivity index (χ2n) is 3.26. The van der Waals surface area contributed by atoms with Crippen molar-refractivity contribution in [2.75, 3.05) is 20.3 Å². The molecule has 0 bridgehead atoms. The van der Waals surface area contributed by atoms with E-state index in [1.807, 2.05) is 6.07 Å². The topological polar surface area (TPSA) is 101 Å². The molecule has 0 spiro atoms. The Morgan fingerprint density at radius 2 is 2.32 bits per heavy atom. The normalized spacial score (nSPS) is 9.89. The van der Waals surface area contributed by atoms with E-state index in [2.05, 4.69) is 9.99 Å². The molecule has 0 aliphatic heterocycles. The number of carboxylic acid groups (broad SMARTS) is 1. The van der Waals surface area contributed by atoms with E-state index in [1.165, 1.54) is 13.3 Å². The van der Waals surface area contributed by atoms with E-state index in [0.717, 1.165) is 0 Å². The lowest BCUT2D eigenvalue weighted by Crippen LogP contribution is -2.03. The molecule has 0 aliphatic rings. The van der Waals surface area contributed by atoms with Crippen LogP contribution in [0.4, 0.5) is 0 Å². The van der Waals surface area contributed by atoms with E-state index >= 15 is 0 Å². The fraction of sp³-hybridized carbons (Fsp3) is 0.250. The Hall–Kier alpha value is -2.75. The minimum absolute atomic E-state index is 0.0779. The van der Waals surface area contributed by atoms with E-state index in [9.17, 15) is 4.79 Å². The van der Waals surface area contributed by atoms with Gasteiger partial charge < -0.3 is 19.4 Å². The van der Waals surface area contributed by atoms with Gasteiger partial charge in [-0.05, 0) is 18.2 Å². The van der Waals surface area contributed by atoms with Crippen molar-refractivity contribution < 1.29 is 24.2 Å². The quantitative estimate of drug-likeness (QED) is 0.583. The molecule has 0 atom stereocenters. The first-order chi connectivity index (χ1) is 9.17. The highest BCUT2D eigenvalue weighted by atomic mass is 16.6. The zero-order chi connectivity index (χ0) is 14.1. The first-order valence-corrected chi connectivity index (χ1v) is 5.22. The van der Waals surface area contributed by atoms with Gasteiger partial charge in [-0.1, -0.05) is 5.16 Å². The molecule has 7 nitrogen and oxygen atoms in total. The van der Waals surface area contributed by atoms with Gasteiger partial charge in [0.2, 0.25) is 6.61 Å². The molecule has 0 saturated heterocycles. The monoisotopic (exact) mass is 264 g/mol. The molecule has 0 heterocycles. The van der Waals surface area contributed by atoms with Crippen molar-refractivity contribution >= 4 is 12.2 Å². The largest absolute Gasteiger partial charge is 0.493 e. The number of hydrogen-bond acceptors (Lipinski definition) is 6. The van der Waals surface area contributed by atoms with Crippen LogP contribution in [0.3, 0.4) is 0 Å². The lowest BCUT2D eigenvalue weighted by molar-refractivity contribution is -0.142. The number of carboxylic acids is 1. The highest BCUT2D eigenvalue weighted by Gasteiger charge is 2.04. The Bertz CT molecular complexity index is 507. The average molecular weight is 264 g/mol. The number of rotatable bonds is 7. The molecule has 0 aromatic heterocycles. The molecular weight excluding hydrogens is 252 g/mol. The minimum Gasteiger partial charge on any atom is -0.493 e. The summed E-state index contributed by atoms with van der Waals surface area (Å²) in [5.41, 5.74) is 0.645. The number of ether oxygens (including phenoxy) is 2. The van der Waals surface area contributed by atoms with Crippen molar-refractivity contribution in [3.05, 3.63) is 23.8 Å². The Morgan fingerprint density at radius 1 is 1.53 bits per heavy atom. The van der Waals surface area contributed by atoms with E-state index in [0.29, 0.717) is 17.1 Å². The molecule has 0 aliphatic carbocycles. The lowest BCUT2D eigenvalue weighted by atomic mass is 10.2. The number of nitriles is 1. The summed E-state index contributed by atoms with van der Waals surface area (Å²) in [6.45, 7) is -0.581. The van der Waals surface area contributed by atoms with Gasteiger partial charge in [-0.15, -0.1) is 0 Å². The molecule has 7 heteroatoms. The fourth-order valence-corrected chi connectivity index (χ4v) is 1.18. The van der Waals surface area contributed by atoms with Crippen molar-refractivity contribution in [2.45, 2.75) is 0 Å². The highest BCUT2D eigenvalue weighted by Crippen LogP contribution is 2.27. The van der Waals surface area contributed by atoms with Crippen LogP contribution in [0.25, 0.3) is 0 Å². The molecule has 100 valence electrons. The number of nitrogens with zero attached hydrogens (tertiary/aromatic N) is 2. The van der Waals surface area contributed by atoms with Crippen LogP contribution in [0.2, 0.25) is 0 Å². The standard InChI is InChI=1S/C12H12N2O5/c1-17-11-6-9(7-14-19-8-12(15)16)2-3-10(11)18-5-4-13/h2-3,6-7H,5,8H2,1H3,(H,15,16). The summed E-state index contributed by atoms with van der Waals surface area (Å²) in [5, 5.41) is 20.3. The summed E-state index contributed by atoms with van der Waals surface area (Å²) in [7, 11) is 1.47. The Balaban J connectivity index is 2.71. The Kier molecular flexibility index (Phi) is 5.69. The Labute approximate surface area is 109 Å². The summed E-state index contributed by atoms with van der Waals surface area (Å²) in [6, 6.07) is 6.77. The predicted molar refractivity (Wildman–Crippen MR) is 65.3 cm³/mol. The molecule has 0 radical (unpaired) electrons. The number of carbonyl (C=O) groups is 1. The molecule has 0 unspecified atom stereocenters. The van der Waals surface area contributed by atoms with Crippen LogP contribution in [-0.2, 0) is 9.63 Å². The molecule has 1 N–H and O–H groups in total. The third kappa shape index (κ3) is 4.95. The van der Waals surface area contributed by atoms with Gasteiger partial charge in [0, 0.05) is 5.56 Å². The number of benzene rings is 1. The predicted octanol–water partition coefficient (Wildman–Crippen LogP) is 1.03. The molecule has 19 heavy (non-hydrogen) atoms. The summed E-state index contributed by atoms with van der Waals surface area (Å²) in [4.78, 5) is 14.7. The van der Waals surface area contributed by atoms with Crippen LogP contribution in [-0.4, -0.2) is 37.6 Å². The summed E-state index contributed by atoms with van der Waals surface area (Å²) in [6.07, 6.45) is 1.35. The molecule has 0 fully saturated rings. The molecule has 0 saturated carbocycles.